The highest BCUT2D eigenvalue weighted by molar-refractivity contribution is 5.92. The van der Waals surface area contributed by atoms with Crippen LogP contribution in [0, 0.1) is 0 Å². The number of H-pyrrole nitrogens is 1. The molecule has 1 aliphatic heterocycles. The summed E-state index contributed by atoms with van der Waals surface area (Å²) in [5.41, 5.74) is 1.92. The number of rotatable bonds is 3. The highest BCUT2D eigenvalue weighted by Crippen LogP contribution is 2.32. The maximum atomic E-state index is 12.5. The van der Waals surface area contributed by atoms with Gasteiger partial charge in [0.1, 0.15) is 5.69 Å². The summed E-state index contributed by atoms with van der Waals surface area (Å²) in [7, 11) is 1.79. The number of carbonyl (C=O) groups excluding carboxylic acids is 1. The van der Waals surface area contributed by atoms with Gasteiger partial charge in [-0.05, 0) is 25.0 Å². The summed E-state index contributed by atoms with van der Waals surface area (Å²) in [6.07, 6.45) is 3.59. The zero-order valence-corrected chi connectivity index (χ0v) is 11.3. The Morgan fingerprint density at radius 2 is 2.45 bits per heavy atom. The van der Waals surface area contributed by atoms with Crippen LogP contribution in [0.1, 0.15) is 40.8 Å². The first kappa shape index (κ1) is 12.9. The van der Waals surface area contributed by atoms with E-state index < -0.39 is 0 Å². The molecule has 1 amide bonds. The van der Waals surface area contributed by atoms with Gasteiger partial charge in [0.25, 0.3) is 5.91 Å². The molecule has 7 nitrogen and oxygen atoms in total. The molecule has 2 aromatic rings. The van der Waals surface area contributed by atoms with Gasteiger partial charge in [0.2, 0.25) is 0 Å². The smallest absolute Gasteiger partial charge is 0.274 e. The number of aromatic amines is 1. The molecule has 1 unspecified atom stereocenters. The lowest BCUT2D eigenvalue weighted by Gasteiger charge is -2.22. The maximum Gasteiger partial charge on any atom is 0.274 e. The van der Waals surface area contributed by atoms with E-state index in [4.69, 9.17) is 5.11 Å². The van der Waals surface area contributed by atoms with E-state index in [1.165, 1.54) is 0 Å². The SMILES string of the molecule is Cn1ccc(C(=O)N2CCCC2c2cc(CO)[nH]n2)n1. The van der Waals surface area contributed by atoms with Crippen molar-refractivity contribution in [3.05, 3.63) is 35.4 Å². The second-order valence-corrected chi connectivity index (χ2v) is 5.01. The third kappa shape index (κ3) is 2.20. The van der Waals surface area contributed by atoms with Crippen molar-refractivity contribution in [3.8, 4) is 0 Å². The lowest BCUT2D eigenvalue weighted by Crippen LogP contribution is -2.31. The molecule has 2 N–H and O–H groups in total. The molecule has 2 aromatic heterocycles. The van der Waals surface area contributed by atoms with Gasteiger partial charge in [-0.15, -0.1) is 0 Å². The lowest BCUT2D eigenvalue weighted by molar-refractivity contribution is 0.0726. The first-order valence-electron chi connectivity index (χ1n) is 6.64. The average molecular weight is 275 g/mol. The highest BCUT2D eigenvalue weighted by Gasteiger charge is 2.33. The maximum absolute atomic E-state index is 12.5. The Hall–Kier alpha value is -2.15. The van der Waals surface area contributed by atoms with Crippen LogP contribution in [0.25, 0.3) is 0 Å². The van der Waals surface area contributed by atoms with E-state index in [2.05, 4.69) is 15.3 Å². The minimum atomic E-state index is -0.0755. The molecule has 3 rings (SSSR count). The Labute approximate surface area is 116 Å². The fourth-order valence-corrected chi connectivity index (χ4v) is 2.62. The molecule has 1 aliphatic rings. The molecule has 0 bridgehead atoms. The summed E-state index contributed by atoms with van der Waals surface area (Å²) in [4.78, 5) is 14.3. The topological polar surface area (TPSA) is 87.0 Å². The van der Waals surface area contributed by atoms with Crippen LogP contribution in [-0.2, 0) is 13.7 Å². The summed E-state index contributed by atoms with van der Waals surface area (Å²) in [6, 6.07) is 3.50. The number of nitrogens with one attached hydrogen (secondary N) is 1. The first-order valence-corrected chi connectivity index (χ1v) is 6.64. The number of aliphatic hydroxyl groups excluding tert-OH is 1. The van der Waals surface area contributed by atoms with Crippen molar-refractivity contribution >= 4 is 5.91 Å². The van der Waals surface area contributed by atoms with Crippen molar-refractivity contribution in [2.45, 2.75) is 25.5 Å². The molecule has 0 spiro atoms. The van der Waals surface area contributed by atoms with Gasteiger partial charge >= 0.3 is 0 Å². The molecule has 0 aliphatic carbocycles. The Balaban J connectivity index is 1.83. The number of likely N-dealkylation sites (tertiary alicyclic amines) is 1. The number of aryl methyl sites for hydroxylation is 1. The molecule has 20 heavy (non-hydrogen) atoms. The number of hydrogen-bond acceptors (Lipinski definition) is 4. The molecule has 3 heterocycles. The van der Waals surface area contributed by atoms with Gasteiger partial charge in [-0.1, -0.05) is 0 Å². The van der Waals surface area contributed by atoms with Gasteiger partial charge < -0.3 is 10.0 Å². The van der Waals surface area contributed by atoms with Crippen molar-refractivity contribution in [1.29, 1.82) is 0 Å². The second kappa shape index (κ2) is 5.09. The van der Waals surface area contributed by atoms with Crippen LogP contribution in [0.5, 0.6) is 0 Å². The number of aromatic nitrogens is 4. The van der Waals surface area contributed by atoms with Crippen molar-refractivity contribution in [2.24, 2.45) is 7.05 Å². The van der Waals surface area contributed by atoms with E-state index in [1.807, 2.05) is 6.07 Å². The molecule has 106 valence electrons. The van der Waals surface area contributed by atoms with Gasteiger partial charge in [-0.3, -0.25) is 14.6 Å². The Morgan fingerprint density at radius 3 is 3.10 bits per heavy atom. The van der Waals surface area contributed by atoms with Crippen molar-refractivity contribution in [3.63, 3.8) is 0 Å². The van der Waals surface area contributed by atoms with E-state index in [1.54, 1.807) is 28.9 Å². The molecule has 0 aromatic carbocycles. The summed E-state index contributed by atoms with van der Waals surface area (Å²) >= 11 is 0. The normalized spacial score (nSPS) is 18.7. The third-order valence-electron chi connectivity index (χ3n) is 3.61. The van der Waals surface area contributed by atoms with E-state index in [-0.39, 0.29) is 18.6 Å². The summed E-state index contributed by atoms with van der Waals surface area (Å²) in [5.74, 6) is -0.0679. The molecule has 7 heteroatoms. The Kier molecular flexibility index (Phi) is 3.27. The number of aliphatic hydroxyl groups is 1. The Morgan fingerprint density at radius 1 is 1.60 bits per heavy atom. The number of nitrogens with zero attached hydrogens (tertiary/aromatic N) is 4. The summed E-state index contributed by atoms with van der Waals surface area (Å²) in [6.45, 7) is 0.634. The van der Waals surface area contributed by atoms with Crippen LogP contribution in [0.4, 0.5) is 0 Å². The highest BCUT2D eigenvalue weighted by atomic mass is 16.3. The van der Waals surface area contributed by atoms with Crippen LogP contribution in [-0.4, -0.2) is 42.4 Å². The zero-order valence-electron chi connectivity index (χ0n) is 11.3. The van der Waals surface area contributed by atoms with Crippen LogP contribution < -0.4 is 0 Å². The molecule has 0 saturated carbocycles. The van der Waals surface area contributed by atoms with Gasteiger partial charge in [0, 0.05) is 19.8 Å². The fraction of sp³-hybridized carbons (Fsp3) is 0.462. The minimum Gasteiger partial charge on any atom is -0.390 e. The predicted octanol–water partition coefficient (Wildman–Crippen LogP) is 0.613. The number of amides is 1. The van der Waals surface area contributed by atoms with Crippen molar-refractivity contribution in [2.75, 3.05) is 6.54 Å². The molecule has 1 saturated heterocycles. The van der Waals surface area contributed by atoms with E-state index >= 15 is 0 Å². The summed E-state index contributed by atoms with van der Waals surface area (Å²) < 4.78 is 1.62. The molecule has 1 fully saturated rings. The molecular formula is C13H17N5O2. The van der Waals surface area contributed by atoms with E-state index in [0.717, 1.165) is 18.5 Å². The largest absolute Gasteiger partial charge is 0.390 e. The van der Waals surface area contributed by atoms with Crippen LogP contribution in [0.15, 0.2) is 18.3 Å². The molecular weight excluding hydrogens is 258 g/mol. The van der Waals surface area contributed by atoms with Crippen LogP contribution >= 0.6 is 0 Å². The van der Waals surface area contributed by atoms with Crippen molar-refractivity contribution in [1.82, 2.24) is 24.9 Å². The fourth-order valence-electron chi connectivity index (χ4n) is 2.62. The monoisotopic (exact) mass is 275 g/mol. The van der Waals surface area contributed by atoms with Gasteiger partial charge in [-0.25, -0.2) is 0 Å². The van der Waals surface area contributed by atoms with Crippen LogP contribution in [0.3, 0.4) is 0 Å². The predicted molar refractivity (Wildman–Crippen MR) is 70.7 cm³/mol. The zero-order chi connectivity index (χ0) is 14.1. The van der Waals surface area contributed by atoms with Gasteiger partial charge in [0.15, 0.2) is 0 Å². The lowest BCUT2D eigenvalue weighted by atomic mass is 10.1. The van der Waals surface area contributed by atoms with Crippen molar-refractivity contribution < 1.29 is 9.90 Å². The minimum absolute atomic E-state index is 0.0407. The van der Waals surface area contributed by atoms with E-state index in [0.29, 0.717) is 17.9 Å². The molecule has 0 radical (unpaired) electrons. The third-order valence-corrected chi connectivity index (χ3v) is 3.61. The van der Waals surface area contributed by atoms with E-state index in [9.17, 15) is 4.79 Å². The average Bonchev–Trinajstić information content (AvgIpc) is 3.17. The molecule has 1 atom stereocenters. The Bertz CT molecular complexity index is 618. The second-order valence-electron chi connectivity index (χ2n) is 5.01. The van der Waals surface area contributed by atoms with Crippen LogP contribution in [0.2, 0.25) is 0 Å². The quantitative estimate of drug-likeness (QED) is 0.859. The number of carbonyl (C=O) groups is 1. The summed E-state index contributed by atoms with van der Waals surface area (Å²) in [5, 5.41) is 20.2. The van der Waals surface area contributed by atoms with Gasteiger partial charge in [-0.2, -0.15) is 10.2 Å². The van der Waals surface area contributed by atoms with Gasteiger partial charge in [0.05, 0.1) is 24.0 Å². The standard InChI is InChI=1S/C13H17N5O2/c1-17-6-4-10(16-17)13(20)18-5-2-3-12(18)11-7-9(8-19)14-15-11/h4,6-7,12,19H,2-3,5,8H2,1H3,(H,14,15). The first-order chi connectivity index (χ1) is 9.69. The number of hydrogen-bond donors (Lipinski definition) is 2.